The van der Waals surface area contributed by atoms with Gasteiger partial charge in [-0.05, 0) is 53.6 Å². The number of hydrogen-bond acceptors (Lipinski definition) is 4. The van der Waals surface area contributed by atoms with Gasteiger partial charge in [0.05, 0.1) is 17.9 Å². The topological polar surface area (TPSA) is 71.9 Å². The number of carbonyl (C=O) groups is 1. The molecule has 7 heteroatoms. The van der Waals surface area contributed by atoms with Crippen molar-refractivity contribution in [2.75, 3.05) is 11.5 Å². The van der Waals surface area contributed by atoms with Gasteiger partial charge in [-0.3, -0.25) is 20.0 Å². The summed E-state index contributed by atoms with van der Waals surface area (Å²) in [5, 5.41) is 2.66. The number of nitrogens with two attached hydrogens (primary N) is 1. The lowest BCUT2D eigenvalue weighted by Gasteiger charge is -2.29. The van der Waals surface area contributed by atoms with Crippen LogP contribution in [-0.2, 0) is 11.3 Å². The van der Waals surface area contributed by atoms with Gasteiger partial charge in [-0.25, -0.2) is 4.98 Å². The van der Waals surface area contributed by atoms with Crippen LogP contribution in [0.1, 0.15) is 5.69 Å². The van der Waals surface area contributed by atoms with Crippen molar-refractivity contribution in [3.63, 3.8) is 0 Å². The van der Waals surface area contributed by atoms with Gasteiger partial charge in [-0.15, -0.1) is 0 Å². The molecule has 1 aliphatic rings. The summed E-state index contributed by atoms with van der Waals surface area (Å²) in [5.74, 6) is 1.41. The van der Waals surface area contributed by atoms with Gasteiger partial charge in [-0.2, -0.15) is 0 Å². The molecule has 0 fully saturated rings. The van der Waals surface area contributed by atoms with E-state index in [4.69, 9.17) is 16.3 Å². The zero-order valence-electron chi connectivity index (χ0n) is 17.1. The SMILES string of the molecule is O=C1COc2ccc(-c3ccnc([NH2+]c4cccc(Cl)c4)c3)cc2N1Cc1ccccn1. The van der Waals surface area contributed by atoms with E-state index in [0.717, 1.165) is 34.0 Å². The highest BCUT2D eigenvalue weighted by Gasteiger charge is 2.26. The average Bonchev–Trinajstić information content (AvgIpc) is 2.81. The van der Waals surface area contributed by atoms with Crippen molar-refractivity contribution in [3.8, 4) is 16.9 Å². The minimum absolute atomic E-state index is 0.0210. The maximum absolute atomic E-state index is 12.6. The van der Waals surface area contributed by atoms with Crippen molar-refractivity contribution in [3.05, 3.63) is 95.9 Å². The average molecular weight is 444 g/mol. The summed E-state index contributed by atoms with van der Waals surface area (Å²) in [6, 6.07) is 23.2. The number of carbonyl (C=O) groups excluding carboxylic acids is 1. The van der Waals surface area contributed by atoms with Gasteiger partial charge in [0.1, 0.15) is 11.4 Å². The van der Waals surface area contributed by atoms with Gasteiger partial charge in [0.2, 0.25) is 5.82 Å². The molecule has 0 aliphatic carbocycles. The predicted octanol–water partition coefficient (Wildman–Crippen LogP) is 4.25. The van der Waals surface area contributed by atoms with Crippen molar-refractivity contribution in [2.45, 2.75) is 6.54 Å². The number of nitrogens with zero attached hydrogens (tertiary/aromatic N) is 3. The molecule has 2 aromatic heterocycles. The summed E-state index contributed by atoms with van der Waals surface area (Å²) >= 11 is 6.10. The Morgan fingerprint density at radius 3 is 2.69 bits per heavy atom. The van der Waals surface area contributed by atoms with E-state index in [-0.39, 0.29) is 12.5 Å². The van der Waals surface area contributed by atoms with E-state index in [1.807, 2.05) is 78.1 Å². The van der Waals surface area contributed by atoms with Gasteiger partial charge in [0.15, 0.2) is 6.61 Å². The number of hydrogen-bond donors (Lipinski definition) is 1. The Bertz CT molecular complexity index is 1280. The van der Waals surface area contributed by atoms with Crippen molar-refractivity contribution in [2.24, 2.45) is 0 Å². The summed E-state index contributed by atoms with van der Waals surface area (Å²) in [5.41, 5.74) is 4.50. The molecule has 0 radical (unpaired) electrons. The van der Waals surface area contributed by atoms with E-state index in [9.17, 15) is 4.79 Å². The fourth-order valence-corrected chi connectivity index (χ4v) is 3.88. The summed E-state index contributed by atoms with van der Waals surface area (Å²) in [6.07, 6.45) is 3.50. The molecular formula is C25H20ClN4O2+. The van der Waals surface area contributed by atoms with Crippen LogP contribution in [0.3, 0.4) is 0 Å². The third kappa shape index (κ3) is 4.32. The Balaban J connectivity index is 1.46. The molecule has 1 amide bonds. The molecule has 0 saturated carbocycles. The van der Waals surface area contributed by atoms with Crippen LogP contribution in [0.25, 0.3) is 11.1 Å². The van der Waals surface area contributed by atoms with E-state index >= 15 is 0 Å². The molecule has 4 aromatic rings. The van der Waals surface area contributed by atoms with Crippen LogP contribution in [0.4, 0.5) is 17.2 Å². The molecule has 32 heavy (non-hydrogen) atoms. The van der Waals surface area contributed by atoms with Crippen LogP contribution >= 0.6 is 11.6 Å². The Morgan fingerprint density at radius 2 is 1.84 bits per heavy atom. The van der Waals surface area contributed by atoms with Crippen molar-refractivity contribution in [1.82, 2.24) is 9.97 Å². The van der Waals surface area contributed by atoms with Crippen LogP contribution < -0.4 is 15.0 Å². The lowest BCUT2D eigenvalue weighted by atomic mass is 10.0. The zero-order chi connectivity index (χ0) is 21.9. The number of fused-ring (bicyclic) bond motifs is 1. The molecule has 0 bridgehead atoms. The quantitative estimate of drug-likeness (QED) is 0.468. The van der Waals surface area contributed by atoms with Gasteiger partial charge >= 0.3 is 0 Å². The first-order valence-corrected chi connectivity index (χ1v) is 10.6. The van der Waals surface area contributed by atoms with Gasteiger partial charge in [-0.1, -0.05) is 29.8 Å². The summed E-state index contributed by atoms with van der Waals surface area (Å²) in [4.78, 5) is 23.2. The summed E-state index contributed by atoms with van der Waals surface area (Å²) in [7, 11) is 0. The van der Waals surface area contributed by atoms with Crippen molar-refractivity contribution in [1.29, 1.82) is 0 Å². The number of rotatable bonds is 5. The predicted molar refractivity (Wildman–Crippen MR) is 123 cm³/mol. The molecule has 2 aromatic carbocycles. The molecule has 2 N–H and O–H groups in total. The molecule has 158 valence electrons. The second-order valence-corrected chi connectivity index (χ2v) is 7.88. The van der Waals surface area contributed by atoms with Gasteiger partial charge in [0, 0.05) is 29.5 Å². The van der Waals surface area contributed by atoms with E-state index in [1.54, 1.807) is 17.3 Å². The Kier molecular flexibility index (Phi) is 5.54. The standard InChI is InChI=1S/C25H19ClN4O2/c26-19-4-3-6-20(14-19)29-24-13-18(9-11-28-24)17-7-8-23-22(12-17)30(25(31)16-32-23)15-21-5-1-2-10-27-21/h1-14H,15-16H2,(H,28,29)/p+1. The highest BCUT2D eigenvalue weighted by Crippen LogP contribution is 2.37. The molecule has 0 atom stereocenters. The third-order valence-corrected chi connectivity index (χ3v) is 5.46. The number of anilines is 1. The third-order valence-electron chi connectivity index (χ3n) is 5.23. The van der Waals surface area contributed by atoms with Crippen molar-refractivity contribution < 1.29 is 14.8 Å². The largest absolute Gasteiger partial charge is 0.482 e. The number of ether oxygens (including phenoxy) is 1. The first kappa shape index (κ1) is 20.2. The number of pyridine rings is 2. The zero-order valence-corrected chi connectivity index (χ0v) is 17.9. The normalized spacial score (nSPS) is 12.9. The molecule has 0 saturated heterocycles. The fraction of sp³-hybridized carbons (Fsp3) is 0.0800. The number of aromatic nitrogens is 2. The minimum Gasteiger partial charge on any atom is -0.482 e. The van der Waals surface area contributed by atoms with E-state index in [1.165, 1.54) is 0 Å². The van der Waals surface area contributed by atoms with Crippen LogP contribution in [-0.4, -0.2) is 22.5 Å². The molecule has 0 spiro atoms. The van der Waals surface area contributed by atoms with Gasteiger partial charge in [0.25, 0.3) is 5.91 Å². The molecule has 1 aliphatic heterocycles. The summed E-state index contributed by atoms with van der Waals surface area (Å²) in [6.45, 7) is 0.413. The number of amides is 1. The van der Waals surface area contributed by atoms with Crippen LogP contribution in [0.2, 0.25) is 5.02 Å². The highest BCUT2D eigenvalue weighted by atomic mass is 35.5. The number of benzene rings is 2. The maximum Gasteiger partial charge on any atom is 0.265 e. The second-order valence-electron chi connectivity index (χ2n) is 7.44. The lowest BCUT2D eigenvalue weighted by Crippen LogP contribution is -2.71. The monoisotopic (exact) mass is 443 g/mol. The number of halogens is 1. The molecule has 5 rings (SSSR count). The van der Waals surface area contributed by atoms with E-state index in [2.05, 4.69) is 9.97 Å². The molecule has 6 nitrogen and oxygen atoms in total. The van der Waals surface area contributed by atoms with Gasteiger partial charge < -0.3 is 4.74 Å². The molecular weight excluding hydrogens is 424 g/mol. The Labute approximate surface area is 190 Å². The van der Waals surface area contributed by atoms with E-state index in [0.29, 0.717) is 17.3 Å². The Hall–Kier alpha value is -3.74. The first-order valence-electron chi connectivity index (χ1n) is 10.2. The summed E-state index contributed by atoms with van der Waals surface area (Å²) < 4.78 is 5.67. The maximum atomic E-state index is 12.6. The van der Waals surface area contributed by atoms with Crippen LogP contribution in [0, 0.1) is 0 Å². The van der Waals surface area contributed by atoms with Crippen LogP contribution in [0.15, 0.2) is 85.2 Å². The van der Waals surface area contributed by atoms with E-state index < -0.39 is 0 Å². The fourth-order valence-electron chi connectivity index (χ4n) is 3.68. The first-order chi connectivity index (χ1) is 15.7. The second kappa shape index (κ2) is 8.78. The number of quaternary nitrogens is 1. The smallest absolute Gasteiger partial charge is 0.265 e. The lowest BCUT2D eigenvalue weighted by molar-refractivity contribution is -0.482. The van der Waals surface area contributed by atoms with Crippen LogP contribution in [0.5, 0.6) is 5.75 Å². The van der Waals surface area contributed by atoms with Crippen molar-refractivity contribution >= 4 is 34.7 Å². The Morgan fingerprint density at radius 1 is 0.938 bits per heavy atom. The minimum atomic E-state index is -0.0926. The molecule has 0 unspecified atom stereocenters. The highest BCUT2D eigenvalue weighted by molar-refractivity contribution is 6.30. The molecule has 3 heterocycles.